The fraction of sp³-hybridized carbons (Fsp3) is 0.222. The highest BCUT2D eigenvalue weighted by molar-refractivity contribution is 7.96. The van der Waals surface area contributed by atoms with Crippen molar-refractivity contribution < 1.29 is 14.5 Å². The molecule has 0 atom stereocenters. The summed E-state index contributed by atoms with van der Waals surface area (Å²) in [7, 11) is 3.12. The highest BCUT2D eigenvalue weighted by Crippen LogP contribution is 2.36. The quantitative estimate of drug-likeness (QED) is 0.228. The van der Waals surface area contributed by atoms with Crippen LogP contribution < -0.4 is 4.74 Å². The van der Waals surface area contributed by atoms with Crippen LogP contribution in [0.4, 0.5) is 0 Å². The smallest absolute Gasteiger partial charge is 0.122 e. The number of hydrogen-bond donors (Lipinski definition) is 2. The van der Waals surface area contributed by atoms with E-state index in [2.05, 4.69) is 30.1 Å². The Morgan fingerprint density at radius 3 is 2.46 bits per heavy atom. The Morgan fingerprint density at radius 2 is 1.79 bits per heavy atom. The highest BCUT2D eigenvalue weighted by Gasteiger charge is 2.11. The highest BCUT2D eigenvalue weighted by atomic mass is 35.5. The number of rotatable bonds is 7. The lowest BCUT2D eigenvalue weighted by Crippen LogP contribution is -2.00. The summed E-state index contributed by atoms with van der Waals surface area (Å²) in [6, 6.07) is 13.4. The Balaban J connectivity index is 2.34. The predicted molar refractivity (Wildman–Crippen MR) is 106 cm³/mol. The number of hydrogen-bond acceptors (Lipinski definition) is 5. The molecule has 0 bridgehead atoms. The zero-order chi connectivity index (χ0) is 17.5. The summed E-state index contributed by atoms with van der Waals surface area (Å²) in [5, 5.41) is 0.634. The van der Waals surface area contributed by atoms with Crippen molar-refractivity contribution in [2.75, 3.05) is 20.8 Å². The number of thiol groups is 2. The maximum Gasteiger partial charge on any atom is 0.122 e. The first kappa shape index (κ1) is 19.2. The van der Waals surface area contributed by atoms with Crippen LogP contribution in [0.2, 0.25) is 5.02 Å². The van der Waals surface area contributed by atoms with Crippen LogP contribution in [0.25, 0.3) is 9.81 Å². The van der Waals surface area contributed by atoms with E-state index in [9.17, 15) is 0 Å². The zero-order valence-corrected chi connectivity index (χ0v) is 16.0. The van der Waals surface area contributed by atoms with E-state index in [1.54, 1.807) is 7.11 Å². The van der Waals surface area contributed by atoms with Gasteiger partial charge in [-0.25, -0.2) is 9.78 Å². The van der Waals surface area contributed by atoms with Crippen molar-refractivity contribution in [1.29, 1.82) is 0 Å². The van der Waals surface area contributed by atoms with Crippen molar-refractivity contribution in [3.63, 3.8) is 0 Å². The van der Waals surface area contributed by atoms with Crippen molar-refractivity contribution in [3.8, 4) is 5.75 Å². The van der Waals surface area contributed by atoms with Crippen LogP contribution in [-0.4, -0.2) is 20.8 Å². The summed E-state index contributed by atoms with van der Waals surface area (Å²) in [5.41, 5.74) is 2.76. The molecule has 0 aliphatic rings. The van der Waals surface area contributed by atoms with E-state index in [1.807, 2.05) is 42.5 Å². The fourth-order valence-corrected chi connectivity index (χ4v) is 3.13. The summed E-state index contributed by atoms with van der Waals surface area (Å²) >= 11 is 15.5. The van der Waals surface area contributed by atoms with Crippen molar-refractivity contribution in [1.82, 2.24) is 0 Å². The molecular formula is C18H19ClO3S2. The van der Waals surface area contributed by atoms with Gasteiger partial charge in [0.15, 0.2) is 0 Å². The van der Waals surface area contributed by atoms with E-state index < -0.39 is 0 Å². The topological polar surface area (TPSA) is 27.7 Å². The van der Waals surface area contributed by atoms with Gasteiger partial charge in [-0.2, -0.15) is 0 Å². The molecule has 0 unspecified atom stereocenters. The molecule has 0 spiro atoms. The van der Waals surface area contributed by atoms with E-state index in [0.29, 0.717) is 23.0 Å². The molecule has 6 heteroatoms. The molecule has 0 amide bonds. The Kier molecular flexibility index (Phi) is 7.52. The molecule has 0 saturated carbocycles. The van der Waals surface area contributed by atoms with Crippen molar-refractivity contribution >= 4 is 46.7 Å². The summed E-state index contributed by atoms with van der Waals surface area (Å²) in [5.74, 6) is 0.763. The van der Waals surface area contributed by atoms with E-state index >= 15 is 0 Å². The van der Waals surface area contributed by atoms with Crippen molar-refractivity contribution in [2.45, 2.75) is 6.42 Å². The molecule has 0 saturated heterocycles. The molecule has 0 heterocycles. The third kappa shape index (κ3) is 4.71. The van der Waals surface area contributed by atoms with Gasteiger partial charge in [-0.3, -0.25) is 0 Å². The molecule has 2 aromatic carbocycles. The first-order valence-electron chi connectivity index (χ1n) is 7.28. The normalized spacial score (nSPS) is 12.0. The van der Waals surface area contributed by atoms with E-state index in [0.717, 1.165) is 27.3 Å². The van der Waals surface area contributed by atoms with Gasteiger partial charge in [0.25, 0.3) is 0 Å². The Labute approximate surface area is 158 Å². The molecule has 128 valence electrons. The lowest BCUT2D eigenvalue weighted by Gasteiger charge is -2.13. The SMILES string of the molecule is COOCCc1ccc(/C(S)=C(/S)c2ccccc2Cl)cc1OC. The summed E-state index contributed by atoms with van der Waals surface area (Å²) in [6.07, 6.45) is 0.682. The van der Waals surface area contributed by atoms with Gasteiger partial charge in [0.2, 0.25) is 0 Å². The lowest BCUT2D eigenvalue weighted by molar-refractivity contribution is -0.271. The van der Waals surface area contributed by atoms with E-state index in [1.165, 1.54) is 7.11 Å². The largest absolute Gasteiger partial charge is 0.496 e. The lowest BCUT2D eigenvalue weighted by atomic mass is 10.1. The van der Waals surface area contributed by atoms with Gasteiger partial charge >= 0.3 is 0 Å². The fourth-order valence-electron chi connectivity index (χ4n) is 2.25. The van der Waals surface area contributed by atoms with Crippen molar-refractivity contribution in [3.05, 3.63) is 64.2 Å². The standard InChI is InChI=1S/C18H19ClO3S2/c1-20-16-11-13(8-7-12(16)9-10-22-21-2)17(23)18(24)14-5-3-4-6-15(14)19/h3-8,11,23-24H,9-10H2,1-2H3/b18-17-. The number of benzene rings is 2. The van der Waals surface area contributed by atoms with Crippen LogP contribution in [0.15, 0.2) is 42.5 Å². The average Bonchev–Trinajstić information content (AvgIpc) is 2.61. The minimum Gasteiger partial charge on any atom is -0.496 e. The second kappa shape index (κ2) is 9.39. The third-order valence-electron chi connectivity index (χ3n) is 3.49. The molecule has 0 N–H and O–H groups in total. The number of ether oxygens (including phenoxy) is 1. The molecule has 0 fully saturated rings. The summed E-state index contributed by atoms with van der Waals surface area (Å²) < 4.78 is 5.47. The second-order valence-electron chi connectivity index (χ2n) is 4.94. The van der Waals surface area contributed by atoms with Gasteiger partial charge in [-0.1, -0.05) is 41.9 Å². The minimum absolute atomic E-state index is 0.452. The maximum absolute atomic E-state index is 6.24. The average molecular weight is 383 g/mol. The summed E-state index contributed by atoms with van der Waals surface area (Å²) in [6.45, 7) is 0.452. The van der Waals surface area contributed by atoms with Crippen LogP contribution in [0.1, 0.15) is 16.7 Å². The Bertz CT molecular complexity index is 732. The first-order valence-corrected chi connectivity index (χ1v) is 8.55. The van der Waals surface area contributed by atoms with Crippen molar-refractivity contribution in [2.24, 2.45) is 0 Å². The van der Waals surface area contributed by atoms with Gasteiger partial charge in [0.1, 0.15) is 5.75 Å². The first-order chi connectivity index (χ1) is 11.6. The maximum atomic E-state index is 6.24. The molecule has 0 aromatic heterocycles. The molecule has 2 aromatic rings. The van der Waals surface area contributed by atoms with Crippen LogP contribution in [0.3, 0.4) is 0 Å². The van der Waals surface area contributed by atoms with Gasteiger partial charge in [0.05, 0.1) is 20.8 Å². The van der Waals surface area contributed by atoms with Gasteiger partial charge in [-0.05, 0) is 23.3 Å². The number of methoxy groups -OCH3 is 1. The second-order valence-corrected chi connectivity index (χ2v) is 6.24. The van der Waals surface area contributed by atoms with Crippen LogP contribution >= 0.6 is 36.9 Å². The third-order valence-corrected chi connectivity index (χ3v) is 4.94. The summed E-state index contributed by atoms with van der Waals surface area (Å²) in [4.78, 5) is 11.0. The van der Waals surface area contributed by atoms with Crippen LogP contribution in [0, 0.1) is 0 Å². The monoisotopic (exact) mass is 382 g/mol. The zero-order valence-electron chi connectivity index (χ0n) is 13.5. The molecular weight excluding hydrogens is 364 g/mol. The molecule has 24 heavy (non-hydrogen) atoms. The molecule has 0 aliphatic carbocycles. The minimum atomic E-state index is 0.452. The van der Waals surface area contributed by atoms with Crippen LogP contribution in [0.5, 0.6) is 5.75 Å². The molecule has 0 radical (unpaired) electrons. The Hall–Kier alpha value is -1.11. The molecule has 0 aliphatic heterocycles. The van der Waals surface area contributed by atoms with Gasteiger partial charge in [-0.15, -0.1) is 25.3 Å². The van der Waals surface area contributed by atoms with Crippen LogP contribution in [-0.2, 0) is 16.2 Å². The van der Waals surface area contributed by atoms with E-state index in [-0.39, 0.29) is 0 Å². The molecule has 3 nitrogen and oxygen atoms in total. The predicted octanol–water partition coefficient (Wildman–Crippen LogP) is 5.15. The Morgan fingerprint density at radius 1 is 1.04 bits per heavy atom. The van der Waals surface area contributed by atoms with Gasteiger partial charge in [0, 0.05) is 26.8 Å². The van der Waals surface area contributed by atoms with Gasteiger partial charge < -0.3 is 4.74 Å². The number of halogens is 1. The van der Waals surface area contributed by atoms with E-state index in [4.69, 9.17) is 21.2 Å². The molecule has 2 rings (SSSR count).